The molecule has 0 amide bonds. The highest BCUT2D eigenvalue weighted by atomic mass is 19.1. The van der Waals surface area contributed by atoms with Crippen LogP contribution in [0.5, 0.6) is 0 Å². The number of nitrogens with zero attached hydrogens (tertiary/aromatic N) is 3. The predicted octanol–water partition coefficient (Wildman–Crippen LogP) is 3.35. The number of likely N-dealkylation sites (tertiary alicyclic amines) is 1. The van der Waals surface area contributed by atoms with Gasteiger partial charge in [-0.1, -0.05) is 24.3 Å². The van der Waals surface area contributed by atoms with Crippen LogP contribution in [0.4, 0.5) is 4.39 Å². The number of halogens is 1. The molecule has 2 aromatic heterocycles. The summed E-state index contributed by atoms with van der Waals surface area (Å²) in [5.74, 6) is 0.751. The van der Waals surface area contributed by atoms with Crippen molar-refractivity contribution in [2.45, 2.75) is 25.3 Å². The van der Waals surface area contributed by atoms with Gasteiger partial charge in [-0.05, 0) is 44.1 Å². The van der Waals surface area contributed by atoms with Crippen LogP contribution in [-0.4, -0.2) is 32.9 Å². The molecule has 6 heteroatoms. The van der Waals surface area contributed by atoms with Crippen molar-refractivity contribution in [3.63, 3.8) is 0 Å². The fourth-order valence-corrected chi connectivity index (χ4v) is 3.55. The molecule has 0 atom stereocenters. The molecule has 3 aromatic rings. The fraction of sp³-hybridized carbons (Fsp3) is 0.286. The number of hydrogen-bond donors (Lipinski definition) is 1. The SMILES string of the molecule is O=c1cc(-c2ccccn2)nc(C2CCN(Cc3ccccc3F)CC2)[nH]1. The third-order valence-corrected chi connectivity index (χ3v) is 5.01. The molecule has 1 aliphatic rings. The third kappa shape index (κ3) is 4.11. The summed E-state index contributed by atoms with van der Waals surface area (Å²) in [6.45, 7) is 2.30. The zero-order chi connectivity index (χ0) is 18.6. The Balaban J connectivity index is 1.46. The molecule has 0 spiro atoms. The third-order valence-electron chi connectivity index (χ3n) is 5.01. The number of benzene rings is 1. The molecule has 0 unspecified atom stereocenters. The Morgan fingerprint density at radius 1 is 1.07 bits per heavy atom. The van der Waals surface area contributed by atoms with E-state index < -0.39 is 0 Å². The van der Waals surface area contributed by atoms with Crippen molar-refractivity contribution in [1.82, 2.24) is 19.9 Å². The molecule has 0 bridgehead atoms. The minimum atomic E-state index is -0.159. The van der Waals surface area contributed by atoms with Crippen LogP contribution < -0.4 is 5.56 Å². The Bertz CT molecular complexity index is 965. The van der Waals surface area contributed by atoms with Gasteiger partial charge in [0.25, 0.3) is 5.56 Å². The molecule has 138 valence electrons. The fourth-order valence-electron chi connectivity index (χ4n) is 3.55. The highest BCUT2D eigenvalue weighted by molar-refractivity contribution is 5.52. The Labute approximate surface area is 156 Å². The molecule has 5 nitrogen and oxygen atoms in total. The number of hydrogen-bond acceptors (Lipinski definition) is 4. The van der Waals surface area contributed by atoms with Gasteiger partial charge in [0.15, 0.2) is 0 Å². The predicted molar refractivity (Wildman–Crippen MR) is 102 cm³/mol. The highest BCUT2D eigenvalue weighted by Crippen LogP contribution is 2.27. The molecule has 1 aromatic carbocycles. The van der Waals surface area contributed by atoms with E-state index in [1.807, 2.05) is 30.3 Å². The van der Waals surface area contributed by atoms with Gasteiger partial charge in [-0.25, -0.2) is 9.37 Å². The van der Waals surface area contributed by atoms with Crippen molar-refractivity contribution in [1.29, 1.82) is 0 Å². The standard InChI is InChI=1S/C21H21FN4O/c22-17-6-2-1-5-16(17)14-26-11-8-15(9-12-26)21-24-19(13-20(27)25-21)18-7-3-4-10-23-18/h1-7,10,13,15H,8-9,11-12,14H2,(H,24,25,27). The van der Waals surface area contributed by atoms with Crippen molar-refractivity contribution >= 4 is 0 Å². The molecule has 4 rings (SSSR count). The Morgan fingerprint density at radius 2 is 1.85 bits per heavy atom. The van der Waals surface area contributed by atoms with E-state index in [4.69, 9.17) is 0 Å². The lowest BCUT2D eigenvalue weighted by Gasteiger charge is -2.31. The van der Waals surface area contributed by atoms with Gasteiger partial charge >= 0.3 is 0 Å². The van der Waals surface area contributed by atoms with E-state index in [1.165, 1.54) is 12.1 Å². The maximum atomic E-state index is 13.9. The molecule has 1 fully saturated rings. The zero-order valence-electron chi connectivity index (χ0n) is 14.9. The average molecular weight is 364 g/mol. The Kier molecular flexibility index (Phi) is 5.07. The lowest BCUT2D eigenvalue weighted by molar-refractivity contribution is 0.199. The van der Waals surface area contributed by atoms with E-state index in [0.717, 1.165) is 31.5 Å². The van der Waals surface area contributed by atoms with Crippen LogP contribution >= 0.6 is 0 Å². The van der Waals surface area contributed by atoms with E-state index >= 15 is 0 Å². The van der Waals surface area contributed by atoms with Crippen LogP contribution in [0, 0.1) is 5.82 Å². The number of aromatic nitrogens is 3. The molecule has 0 radical (unpaired) electrons. The average Bonchev–Trinajstić information content (AvgIpc) is 2.70. The molecule has 1 aliphatic heterocycles. The van der Waals surface area contributed by atoms with Gasteiger partial charge in [-0.3, -0.25) is 14.7 Å². The van der Waals surface area contributed by atoms with E-state index in [0.29, 0.717) is 23.8 Å². The smallest absolute Gasteiger partial charge is 0.251 e. The zero-order valence-corrected chi connectivity index (χ0v) is 14.9. The number of aromatic amines is 1. The van der Waals surface area contributed by atoms with Crippen LogP contribution in [-0.2, 0) is 6.54 Å². The molecule has 0 aliphatic carbocycles. The minimum Gasteiger partial charge on any atom is -0.310 e. The number of pyridine rings is 1. The van der Waals surface area contributed by atoms with E-state index in [2.05, 4.69) is 19.9 Å². The van der Waals surface area contributed by atoms with Crippen LogP contribution in [0.3, 0.4) is 0 Å². The molecule has 27 heavy (non-hydrogen) atoms. The number of rotatable bonds is 4. The van der Waals surface area contributed by atoms with Crippen LogP contribution in [0.2, 0.25) is 0 Å². The minimum absolute atomic E-state index is 0.158. The van der Waals surface area contributed by atoms with E-state index in [9.17, 15) is 9.18 Å². The Hall–Kier alpha value is -2.86. The van der Waals surface area contributed by atoms with Gasteiger partial charge in [0.2, 0.25) is 0 Å². The summed E-state index contributed by atoms with van der Waals surface area (Å²) in [7, 11) is 0. The maximum absolute atomic E-state index is 13.9. The first-order chi connectivity index (χ1) is 13.2. The van der Waals surface area contributed by atoms with Gasteiger partial charge in [0, 0.05) is 30.3 Å². The second kappa shape index (κ2) is 7.80. The topological polar surface area (TPSA) is 61.9 Å². The largest absolute Gasteiger partial charge is 0.310 e. The van der Waals surface area contributed by atoms with E-state index in [-0.39, 0.29) is 17.3 Å². The second-order valence-electron chi connectivity index (χ2n) is 6.87. The lowest BCUT2D eigenvalue weighted by atomic mass is 9.95. The van der Waals surface area contributed by atoms with E-state index in [1.54, 1.807) is 12.3 Å². The first-order valence-corrected chi connectivity index (χ1v) is 9.17. The first kappa shape index (κ1) is 17.5. The molecule has 1 saturated heterocycles. The van der Waals surface area contributed by atoms with Crippen LogP contribution in [0.1, 0.15) is 30.1 Å². The summed E-state index contributed by atoms with van der Waals surface area (Å²) in [5.41, 5.74) is 1.86. The summed E-state index contributed by atoms with van der Waals surface area (Å²) in [4.78, 5) is 26.2. The van der Waals surface area contributed by atoms with Crippen molar-refractivity contribution in [2.75, 3.05) is 13.1 Å². The van der Waals surface area contributed by atoms with Crippen molar-refractivity contribution in [3.05, 3.63) is 82.3 Å². The van der Waals surface area contributed by atoms with Gasteiger partial charge in [0.1, 0.15) is 11.6 Å². The number of H-pyrrole nitrogens is 1. The number of piperidine rings is 1. The lowest BCUT2D eigenvalue weighted by Crippen LogP contribution is -2.33. The highest BCUT2D eigenvalue weighted by Gasteiger charge is 2.23. The molecule has 0 saturated carbocycles. The van der Waals surface area contributed by atoms with Crippen LogP contribution in [0.25, 0.3) is 11.4 Å². The van der Waals surface area contributed by atoms with Crippen LogP contribution in [0.15, 0.2) is 59.5 Å². The summed E-state index contributed by atoms with van der Waals surface area (Å²) >= 11 is 0. The molecule has 3 heterocycles. The normalized spacial score (nSPS) is 15.7. The monoisotopic (exact) mass is 364 g/mol. The summed E-state index contributed by atoms with van der Waals surface area (Å²) in [5, 5.41) is 0. The molecule has 1 N–H and O–H groups in total. The van der Waals surface area contributed by atoms with Crippen molar-refractivity contribution in [3.8, 4) is 11.4 Å². The molecular formula is C21H21FN4O. The Morgan fingerprint density at radius 3 is 2.59 bits per heavy atom. The van der Waals surface area contributed by atoms with Crippen molar-refractivity contribution < 1.29 is 4.39 Å². The van der Waals surface area contributed by atoms with Crippen molar-refractivity contribution in [2.24, 2.45) is 0 Å². The maximum Gasteiger partial charge on any atom is 0.251 e. The molecular weight excluding hydrogens is 343 g/mol. The van der Waals surface area contributed by atoms with Gasteiger partial charge in [-0.2, -0.15) is 0 Å². The summed E-state index contributed by atoms with van der Waals surface area (Å²) < 4.78 is 13.9. The summed E-state index contributed by atoms with van der Waals surface area (Å²) in [6, 6.07) is 14.0. The summed E-state index contributed by atoms with van der Waals surface area (Å²) in [6.07, 6.45) is 3.45. The van der Waals surface area contributed by atoms with Gasteiger partial charge in [-0.15, -0.1) is 0 Å². The number of nitrogens with one attached hydrogen (secondary N) is 1. The quantitative estimate of drug-likeness (QED) is 0.771. The first-order valence-electron chi connectivity index (χ1n) is 9.17. The van der Waals surface area contributed by atoms with Gasteiger partial charge < -0.3 is 4.98 Å². The van der Waals surface area contributed by atoms with Gasteiger partial charge in [0.05, 0.1) is 11.4 Å². The second-order valence-corrected chi connectivity index (χ2v) is 6.87.